The van der Waals surface area contributed by atoms with E-state index in [9.17, 15) is 0 Å². The minimum absolute atomic E-state index is 0.310. The SMILES string of the molecule is Cc1cc(NCc2cn[nH]c2N)nc(C(C)C)n1. The van der Waals surface area contributed by atoms with Gasteiger partial charge in [0.1, 0.15) is 17.5 Å². The summed E-state index contributed by atoms with van der Waals surface area (Å²) in [6, 6.07) is 1.92. The van der Waals surface area contributed by atoms with Crippen molar-refractivity contribution in [1.29, 1.82) is 0 Å². The Labute approximate surface area is 106 Å². The molecule has 2 aromatic rings. The van der Waals surface area contributed by atoms with Gasteiger partial charge in [-0.2, -0.15) is 5.10 Å². The van der Waals surface area contributed by atoms with Gasteiger partial charge >= 0.3 is 0 Å². The van der Waals surface area contributed by atoms with Gasteiger partial charge in [0.2, 0.25) is 0 Å². The van der Waals surface area contributed by atoms with Crippen LogP contribution in [-0.2, 0) is 6.54 Å². The summed E-state index contributed by atoms with van der Waals surface area (Å²) in [5.41, 5.74) is 7.61. The van der Waals surface area contributed by atoms with E-state index in [-0.39, 0.29) is 0 Å². The number of anilines is 2. The first-order valence-corrected chi connectivity index (χ1v) is 5.93. The zero-order valence-corrected chi connectivity index (χ0v) is 10.9. The van der Waals surface area contributed by atoms with Crippen LogP contribution >= 0.6 is 0 Å². The van der Waals surface area contributed by atoms with Gasteiger partial charge in [0, 0.05) is 29.8 Å². The van der Waals surface area contributed by atoms with E-state index in [2.05, 4.69) is 39.3 Å². The lowest BCUT2D eigenvalue weighted by Crippen LogP contribution is -2.07. The highest BCUT2D eigenvalue weighted by molar-refractivity contribution is 5.42. The Balaban J connectivity index is 2.12. The molecule has 2 heterocycles. The Morgan fingerprint density at radius 2 is 2.17 bits per heavy atom. The fraction of sp³-hybridized carbons (Fsp3) is 0.417. The molecule has 6 heteroatoms. The number of nitrogens with two attached hydrogens (primary N) is 1. The Morgan fingerprint density at radius 1 is 1.39 bits per heavy atom. The van der Waals surface area contributed by atoms with E-state index in [1.807, 2.05) is 13.0 Å². The van der Waals surface area contributed by atoms with E-state index >= 15 is 0 Å². The number of nitrogens with zero attached hydrogens (tertiary/aromatic N) is 3. The lowest BCUT2D eigenvalue weighted by Gasteiger charge is -2.09. The Kier molecular flexibility index (Phi) is 3.45. The first kappa shape index (κ1) is 12.3. The monoisotopic (exact) mass is 246 g/mol. The molecule has 0 aromatic carbocycles. The normalized spacial score (nSPS) is 10.9. The molecule has 0 aliphatic rings. The molecular weight excluding hydrogens is 228 g/mol. The maximum absolute atomic E-state index is 5.72. The van der Waals surface area contributed by atoms with Crippen molar-refractivity contribution in [3.8, 4) is 0 Å². The molecule has 0 amide bonds. The lowest BCUT2D eigenvalue weighted by atomic mass is 10.2. The molecule has 0 unspecified atom stereocenters. The Hall–Kier alpha value is -2.11. The third-order valence-corrected chi connectivity index (χ3v) is 2.60. The topological polar surface area (TPSA) is 92.5 Å². The van der Waals surface area contributed by atoms with Crippen LogP contribution in [0.1, 0.15) is 36.8 Å². The zero-order valence-electron chi connectivity index (χ0n) is 10.9. The number of nitrogen functional groups attached to an aromatic ring is 1. The smallest absolute Gasteiger partial charge is 0.133 e. The molecule has 96 valence electrons. The predicted octanol–water partition coefficient (Wildman–Crippen LogP) is 1.83. The number of aromatic amines is 1. The van der Waals surface area contributed by atoms with Crippen molar-refractivity contribution < 1.29 is 0 Å². The van der Waals surface area contributed by atoms with E-state index in [0.717, 1.165) is 22.9 Å². The quantitative estimate of drug-likeness (QED) is 0.765. The van der Waals surface area contributed by atoms with Gasteiger partial charge in [-0.05, 0) is 6.92 Å². The van der Waals surface area contributed by atoms with Gasteiger partial charge in [-0.25, -0.2) is 9.97 Å². The van der Waals surface area contributed by atoms with Crippen LogP contribution in [-0.4, -0.2) is 20.2 Å². The van der Waals surface area contributed by atoms with Crippen LogP contribution in [0.5, 0.6) is 0 Å². The molecule has 0 saturated carbocycles. The van der Waals surface area contributed by atoms with E-state index in [1.165, 1.54) is 0 Å². The number of nitrogens with one attached hydrogen (secondary N) is 2. The van der Waals surface area contributed by atoms with E-state index in [0.29, 0.717) is 18.3 Å². The van der Waals surface area contributed by atoms with Crippen LogP contribution in [0.15, 0.2) is 12.3 Å². The molecule has 2 rings (SSSR count). The summed E-state index contributed by atoms with van der Waals surface area (Å²) >= 11 is 0. The average molecular weight is 246 g/mol. The highest BCUT2D eigenvalue weighted by Gasteiger charge is 2.07. The van der Waals surface area contributed by atoms with Gasteiger partial charge < -0.3 is 11.1 Å². The number of aryl methyl sites for hydroxylation is 1. The molecule has 0 atom stereocenters. The summed E-state index contributed by atoms with van der Waals surface area (Å²) in [5, 5.41) is 9.81. The van der Waals surface area contributed by atoms with Crippen LogP contribution in [0.25, 0.3) is 0 Å². The van der Waals surface area contributed by atoms with Gasteiger partial charge in [-0.1, -0.05) is 13.8 Å². The number of aromatic nitrogens is 4. The minimum Gasteiger partial charge on any atom is -0.384 e. The molecule has 4 N–H and O–H groups in total. The summed E-state index contributed by atoms with van der Waals surface area (Å²) in [4.78, 5) is 8.87. The molecule has 18 heavy (non-hydrogen) atoms. The molecule has 0 aliphatic heterocycles. The molecule has 0 fully saturated rings. The fourth-order valence-corrected chi connectivity index (χ4v) is 1.59. The van der Waals surface area contributed by atoms with E-state index in [1.54, 1.807) is 6.20 Å². The minimum atomic E-state index is 0.310. The summed E-state index contributed by atoms with van der Waals surface area (Å²) in [7, 11) is 0. The maximum Gasteiger partial charge on any atom is 0.133 e. The van der Waals surface area contributed by atoms with Crippen LogP contribution in [0.4, 0.5) is 11.6 Å². The molecule has 0 bridgehead atoms. The first-order valence-electron chi connectivity index (χ1n) is 5.93. The maximum atomic E-state index is 5.72. The van der Waals surface area contributed by atoms with Crippen molar-refractivity contribution >= 4 is 11.6 Å². The van der Waals surface area contributed by atoms with Crippen molar-refractivity contribution in [2.45, 2.75) is 33.2 Å². The number of hydrogen-bond acceptors (Lipinski definition) is 5. The van der Waals surface area contributed by atoms with Crippen molar-refractivity contribution in [3.63, 3.8) is 0 Å². The van der Waals surface area contributed by atoms with Gasteiger partial charge in [0.25, 0.3) is 0 Å². The van der Waals surface area contributed by atoms with E-state index < -0.39 is 0 Å². The van der Waals surface area contributed by atoms with Crippen molar-refractivity contribution in [1.82, 2.24) is 20.2 Å². The first-order chi connectivity index (χ1) is 8.56. The summed E-state index contributed by atoms with van der Waals surface area (Å²) in [5.74, 6) is 2.55. The van der Waals surface area contributed by atoms with Gasteiger partial charge in [0.15, 0.2) is 0 Å². The molecular formula is C12H18N6. The van der Waals surface area contributed by atoms with Crippen molar-refractivity contribution in [2.75, 3.05) is 11.1 Å². The van der Waals surface area contributed by atoms with Crippen molar-refractivity contribution in [2.24, 2.45) is 0 Å². The third-order valence-electron chi connectivity index (χ3n) is 2.60. The van der Waals surface area contributed by atoms with Crippen LogP contribution in [0.2, 0.25) is 0 Å². The van der Waals surface area contributed by atoms with Gasteiger partial charge in [0.05, 0.1) is 6.20 Å². The summed E-state index contributed by atoms with van der Waals surface area (Å²) in [6.07, 6.45) is 1.71. The van der Waals surface area contributed by atoms with E-state index in [4.69, 9.17) is 5.73 Å². The van der Waals surface area contributed by atoms with Crippen LogP contribution in [0, 0.1) is 6.92 Å². The second-order valence-corrected chi connectivity index (χ2v) is 4.57. The van der Waals surface area contributed by atoms with Crippen LogP contribution in [0.3, 0.4) is 0 Å². The standard InChI is InChI=1S/C12H18N6/c1-7(2)12-16-8(3)4-10(17-12)14-5-9-6-15-18-11(9)13/h4,6-7H,5H2,1-3H3,(H3,13,15,18)(H,14,16,17). The predicted molar refractivity (Wildman–Crippen MR) is 71.2 cm³/mol. The third kappa shape index (κ3) is 2.77. The summed E-state index contributed by atoms with van der Waals surface area (Å²) < 4.78 is 0. The molecule has 2 aromatic heterocycles. The highest BCUT2D eigenvalue weighted by atomic mass is 15.1. The second kappa shape index (κ2) is 5.03. The average Bonchev–Trinajstić information content (AvgIpc) is 2.71. The number of hydrogen-bond donors (Lipinski definition) is 3. The number of H-pyrrole nitrogens is 1. The van der Waals surface area contributed by atoms with Gasteiger partial charge in [-0.3, -0.25) is 5.10 Å². The highest BCUT2D eigenvalue weighted by Crippen LogP contribution is 2.15. The second-order valence-electron chi connectivity index (χ2n) is 4.57. The number of rotatable bonds is 4. The van der Waals surface area contributed by atoms with Crippen molar-refractivity contribution in [3.05, 3.63) is 29.3 Å². The molecule has 0 saturated heterocycles. The molecule has 0 aliphatic carbocycles. The lowest BCUT2D eigenvalue weighted by molar-refractivity contribution is 0.766. The molecule has 6 nitrogen and oxygen atoms in total. The van der Waals surface area contributed by atoms with Crippen LogP contribution < -0.4 is 11.1 Å². The largest absolute Gasteiger partial charge is 0.384 e. The molecule has 0 spiro atoms. The molecule has 0 radical (unpaired) electrons. The Morgan fingerprint density at radius 3 is 2.78 bits per heavy atom. The fourth-order valence-electron chi connectivity index (χ4n) is 1.59. The summed E-state index contributed by atoms with van der Waals surface area (Å²) in [6.45, 7) is 6.71. The Bertz CT molecular complexity index is 531. The van der Waals surface area contributed by atoms with Gasteiger partial charge in [-0.15, -0.1) is 0 Å². The zero-order chi connectivity index (χ0) is 13.1.